The zero-order valence-electron chi connectivity index (χ0n) is 11.2. The van der Waals surface area contributed by atoms with E-state index in [1.807, 2.05) is 20.8 Å². The number of thioether (sulfide) groups is 1. The fraction of sp³-hybridized carbons (Fsp3) is 0.700. The molecule has 2 rings (SSSR count). The van der Waals surface area contributed by atoms with E-state index in [2.05, 4.69) is 25.7 Å². The Kier molecular flexibility index (Phi) is 4.15. The Morgan fingerprint density at radius 2 is 2.16 bits per heavy atom. The summed E-state index contributed by atoms with van der Waals surface area (Å²) in [7, 11) is 0. The van der Waals surface area contributed by atoms with Crippen LogP contribution in [0.2, 0.25) is 0 Å². The standard InChI is InChI=1S/C10H17N7OS/c1-10(2,3)8-12-7(18-14-8)6-19-9-13-15-16-17(9)5-4-11/h4-6,11H2,1-3H3. The van der Waals surface area contributed by atoms with Crippen molar-refractivity contribution in [1.82, 2.24) is 30.3 Å². The molecule has 0 aliphatic carbocycles. The molecule has 8 nitrogen and oxygen atoms in total. The highest BCUT2D eigenvalue weighted by Crippen LogP contribution is 2.22. The van der Waals surface area contributed by atoms with Crippen LogP contribution in [0.1, 0.15) is 32.5 Å². The molecule has 104 valence electrons. The van der Waals surface area contributed by atoms with Gasteiger partial charge in [-0.05, 0) is 10.4 Å². The highest BCUT2D eigenvalue weighted by molar-refractivity contribution is 7.98. The molecule has 0 aromatic carbocycles. The first-order valence-electron chi connectivity index (χ1n) is 5.93. The molecule has 0 unspecified atom stereocenters. The second-order valence-electron chi connectivity index (χ2n) is 5.02. The van der Waals surface area contributed by atoms with E-state index >= 15 is 0 Å². The molecule has 0 fully saturated rings. The maximum Gasteiger partial charge on any atom is 0.237 e. The third-order valence-electron chi connectivity index (χ3n) is 2.30. The monoisotopic (exact) mass is 283 g/mol. The van der Waals surface area contributed by atoms with E-state index in [-0.39, 0.29) is 5.41 Å². The molecule has 0 saturated carbocycles. The van der Waals surface area contributed by atoms with Gasteiger partial charge in [-0.2, -0.15) is 4.98 Å². The molecule has 0 atom stereocenters. The number of hydrogen-bond donors (Lipinski definition) is 1. The Balaban J connectivity index is 1.99. The number of hydrogen-bond acceptors (Lipinski definition) is 8. The first-order valence-corrected chi connectivity index (χ1v) is 6.91. The van der Waals surface area contributed by atoms with Crippen LogP contribution < -0.4 is 5.73 Å². The van der Waals surface area contributed by atoms with Gasteiger partial charge in [0.1, 0.15) is 0 Å². The fourth-order valence-electron chi connectivity index (χ4n) is 1.31. The van der Waals surface area contributed by atoms with Crippen LogP contribution >= 0.6 is 11.8 Å². The Bertz CT molecular complexity index is 530. The fourth-order valence-corrected chi connectivity index (χ4v) is 2.05. The van der Waals surface area contributed by atoms with E-state index < -0.39 is 0 Å². The average molecular weight is 283 g/mol. The summed E-state index contributed by atoms with van der Waals surface area (Å²) >= 11 is 1.45. The van der Waals surface area contributed by atoms with Crippen molar-refractivity contribution < 1.29 is 4.52 Å². The van der Waals surface area contributed by atoms with E-state index in [4.69, 9.17) is 10.3 Å². The molecule has 0 bridgehead atoms. The minimum atomic E-state index is -0.118. The number of tetrazole rings is 1. The van der Waals surface area contributed by atoms with Crippen molar-refractivity contribution in [2.24, 2.45) is 5.73 Å². The normalized spacial score (nSPS) is 12.0. The van der Waals surface area contributed by atoms with Gasteiger partial charge in [0, 0.05) is 12.0 Å². The summed E-state index contributed by atoms with van der Waals surface area (Å²) in [5.74, 6) is 1.80. The summed E-state index contributed by atoms with van der Waals surface area (Å²) in [4.78, 5) is 4.36. The van der Waals surface area contributed by atoms with Gasteiger partial charge in [-0.25, -0.2) is 4.68 Å². The third-order valence-corrected chi connectivity index (χ3v) is 3.25. The van der Waals surface area contributed by atoms with Crippen LogP contribution in [0.25, 0.3) is 0 Å². The lowest BCUT2D eigenvalue weighted by Gasteiger charge is -2.10. The first-order chi connectivity index (χ1) is 9.00. The van der Waals surface area contributed by atoms with E-state index in [1.54, 1.807) is 4.68 Å². The molecule has 0 saturated heterocycles. The van der Waals surface area contributed by atoms with Crippen molar-refractivity contribution in [2.45, 2.75) is 43.6 Å². The lowest BCUT2D eigenvalue weighted by molar-refractivity contribution is 0.372. The number of nitrogens with zero attached hydrogens (tertiary/aromatic N) is 6. The van der Waals surface area contributed by atoms with E-state index in [0.29, 0.717) is 35.7 Å². The molecule has 2 aromatic heterocycles. The minimum absolute atomic E-state index is 0.118. The maximum absolute atomic E-state index is 5.48. The van der Waals surface area contributed by atoms with Crippen molar-refractivity contribution >= 4 is 11.8 Å². The van der Waals surface area contributed by atoms with E-state index in [9.17, 15) is 0 Å². The summed E-state index contributed by atoms with van der Waals surface area (Å²) in [5, 5.41) is 16.1. The number of aromatic nitrogens is 6. The van der Waals surface area contributed by atoms with Gasteiger partial charge in [0.25, 0.3) is 0 Å². The smallest absolute Gasteiger partial charge is 0.237 e. The predicted octanol–water partition coefficient (Wildman–Crippen LogP) is 0.605. The summed E-state index contributed by atoms with van der Waals surface area (Å²) in [6, 6.07) is 0. The Morgan fingerprint density at radius 3 is 2.79 bits per heavy atom. The molecule has 0 aliphatic rings. The van der Waals surface area contributed by atoms with Crippen LogP contribution in [0.4, 0.5) is 0 Å². The van der Waals surface area contributed by atoms with Gasteiger partial charge in [0.05, 0.1) is 12.3 Å². The maximum atomic E-state index is 5.48. The molecular formula is C10H17N7OS. The van der Waals surface area contributed by atoms with Gasteiger partial charge in [0.15, 0.2) is 5.82 Å². The van der Waals surface area contributed by atoms with Crippen LogP contribution in [0, 0.1) is 0 Å². The molecule has 0 aliphatic heterocycles. The van der Waals surface area contributed by atoms with Crippen LogP contribution in [-0.4, -0.2) is 36.9 Å². The van der Waals surface area contributed by atoms with Crippen molar-refractivity contribution in [3.05, 3.63) is 11.7 Å². The van der Waals surface area contributed by atoms with Crippen molar-refractivity contribution in [1.29, 1.82) is 0 Å². The van der Waals surface area contributed by atoms with Crippen molar-refractivity contribution in [3.63, 3.8) is 0 Å². The van der Waals surface area contributed by atoms with Crippen LogP contribution in [0.15, 0.2) is 9.68 Å². The van der Waals surface area contributed by atoms with Gasteiger partial charge in [-0.15, -0.1) is 5.10 Å². The van der Waals surface area contributed by atoms with Gasteiger partial charge in [-0.1, -0.05) is 37.7 Å². The van der Waals surface area contributed by atoms with Crippen LogP contribution in [0.5, 0.6) is 0 Å². The summed E-state index contributed by atoms with van der Waals surface area (Å²) in [5.41, 5.74) is 5.36. The molecule has 0 spiro atoms. The van der Waals surface area contributed by atoms with Gasteiger partial charge in [0.2, 0.25) is 11.0 Å². The number of nitrogens with two attached hydrogens (primary N) is 1. The molecule has 0 amide bonds. The van der Waals surface area contributed by atoms with Crippen LogP contribution in [0.3, 0.4) is 0 Å². The topological polar surface area (TPSA) is 109 Å². The molecule has 9 heteroatoms. The zero-order valence-corrected chi connectivity index (χ0v) is 12.0. The lowest BCUT2D eigenvalue weighted by atomic mass is 9.96. The molecule has 2 aromatic rings. The second-order valence-corrected chi connectivity index (χ2v) is 5.97. The lowest BCUT2D eigenvalue weighted by Crippen LogP contribution is -2.13. The molecule has 19 heavy (non-hydrogen) atoms. The first kappa shape index (κ1) is 13.9. The molecule has 0 radical (unpaired) electrons. The van der Waals surface area contributed by atoms with Crippen molar-refractivity contribution in [2.75, 3.05) is 6.54 Å². The van der Waals surface area contributed by atoms with E-state index in [1.165, 1.54) is 11.8 Å². The number of rotatable bonds is 5. The molecule has 2 heterocycles. The quantitative estimate of drug-likeness (QED) is 0.795. The average Bonchev–Trinajstić information content (AvgIpc) is 2.94. The van der Waals surface area contributed by atoms with Gasteiger partial charge in [-0.3, -0.25) is 0 Å². The zero-order chi connectivity index (χ0) is 13.9. The van der Waals surface area contributed by atoms with Crippen LogP contribution in [-0.2, 0) is 17.7 Å². The highest BCUT2D eigenvalue weighted by atomic mass is 32.2. The van der Waals surface area contributed by atoms with Gasteiger partial charge < -0.3 is 10.3 Å². The Hall–Kier alpha value is -1.48. The second kappa shape index (κ2) is 5.66. The summed E-state index contributed by atoms with van der Waals surface area (Å²) in [6.07, 6.45) is 0. The summed E-state index contributed by atoms with van der Waals surface area (Å²) in [6.45, 7) is 7.20. The molecule has 2 N–H and O–H groups in total. The third kappa shape index (κ3) is 3.51. The predicted molar refractivity (Wildman–Crippen MR) is 69.4 cm³/mol. The van der Waals surface area contributed by atoms with Crippen molar-refractivity contribution in [3.8, 4) is 0 Å². The van der Waals surface area contributed by atoms with Gasteiger partial charge >= 0.3 is 0 Å². The molecular weight excluding hydrogens is 266 g/mol. The Morgan fingerprint density at radius 1 is 1.37 bits per heavy atom. The Labute approximate surface area is 115 Å². The van der Waals surface area contributed by atoms with E-state index in [0.717, 1.165) is 0 Å². The highest BCUT2D eigenvalue weighted by Gasteiger charge is 2.21. The summed E-state index contributed by atoms with van der Waals surface area (Å²) < 4.78 is 6.86. The largest absolute Gasteiger partial charge is 0.338 e. The minimum Gasteiger partial charge on any atom is -0.338 e. The SMILES string of the molecule is CC(C)(C)c1noc(CSc2nnnn2CCN)n1.